The average Bonchev–Trinajstić information content (AvgIpc) is 2.52. The first-order valence-corrected chi connectivity index (χ1v) is 6.81. The summed E-state index contributed by atoms with van der Waals surface area (Å²) in [6, 6.07) is 0. The number of hydrogen-bond acceptors (Lipinski definition) is 2. The Morgan fingerprint density at radius 1 is 1.13 bits per heavy atom. The van der Waals surface area contributed by atoms with E-state index >= 15 is 0 Å². The second kappa shape index (κ2) is 2.06. The lowest BCUT2D eigenvalue weighted by molar-refractivity contribution is -0.359. The highest BCUT2D eigenvalue weighted by Crippen LogP contribution is 3.01. The molecule has 1 saturated heterocycles. The summed E-state index contributed by atoms with van der Waals surface area (Å²) in [5, 5.41) is 0. The lowest BCUT2D eigenvalue weighted by Gasteiger charge is -2.72. The molecular weight excluding hydrogens is 256 g/mol. The third kappa shape index (κ3) is 0.534. The summed E-state index contributed by atoms with van der Waals surface area (Å²) in [6.07, 6.45) is 1.30. The van der Waals surface area contributed by atoms with E-state index in [2.05, 4.69) is 36.7 Å². The Kier molecular flexibility index (Phi) is 1.30. The molecule has 0 unspecified atom stereocenters. The molecule has 0 aromatic heterocycles. The van der Waals surface area contributed by atoms with Gasteiger partial charge in [-0.25, -0.2) is 0 Å². The van der Waals surface area contributed by atoms with Gasteiger partial charge in [0.25, 0.3) is 0 Å². The van der Waals surface area contributed by atoms with Crippen molar-refractivity contribution in [2.24, 2.45) is 22.2 Å². The fraction of sp³-hybridized carbons (Fsp3) is 1.00. The topological polar surface area (TPSA) is 18.5 Å². The molecule has 4 fully saturated rings. The van der Waals surface area contributed by atoms with Crippen molar-refractivity contribution in [2.45, 2.75) is 37.8 Å². The van der Waals surface area contributed by atoms with Gasteiger partial charge in [0.05, 0.1) is 18.0 Å². The Balaban J connectivity index is 1.81. The lowest BCUT2D eigenvalue weighted by Crippen LogP contribution is -2.78. The van der Waals surface area contributed by atoms with Crippen LogP contribution in [0.3, 0.4) is 0 Å². The summed E-state index contributed by atoms with van der Waals surface area (Å²) >= 11 is 3.85. The third-order valence-electron chi connectivity index (χ3n) is 6.30. The standard InChI is InChI=1S/C12H17BrO2/c1-7-9(2,3)11-6-10(7,11)12(8(11)13)14-4-5-15-12/h7-8H,4-6H2,1-3H3/t7-,8+,10-,11-/m0/s1. The van der Waals surface area contributed by atoms with Crippen LogP contribution >= 0.6 is 15.9 Å². The summed E-state index contributed by atoms with van der Waals surface area (Å²) in [5.74, 6) is 0.457. The van der Waals surface area contributed by atoms with Crippen molar-refractivity contribution in [1.29, 1.82) is 0 Å². The van der Waals surface area contributed by atoms with Gasteiger partial charge in [-0.1, -0.05) is 36.7 Å². The quantitative estimate of drug-likeness (QED) is 0.631. The van der Waals surface area contributed by atoms with Crippen molar-refractivity contribution in [2.75, 3.05) is 13.2 Å². The second-order valence-corrected chi connectivity index (χ2v) is 7.21. The number of alkyl halides is 1. The minimum Gasteiger partial charge on any atom is -0.346 e. The molecule has 3 aliphatic carbocycles. The molecule has 1 spiro atoms. The average molecular weight is 273 g/mol. The molecule has 0 bridgehead atoms. The summed E-state index contributed by atoms with van der Waals surface area (Å²) < 4.78 is 11.9. The molecular formula is C12H17BrO2. The Hall–Kier alpha value is 0.400. The Morgan fingerprint density at radius 3 is 2.27 bits per heavy atom. The fourth-order valence-electron chi connectivity index (χ4n) is 5.35. The fourth-order valence-corrected chi connectivity index (χ4v) is 7.18. The molecule has 0 radical (unpaired) electrons. The van der Waals surface area contributed by atoms with Gasteiger partial charge in [0.2, 0.25) is 0 Å². The van der Waals surface area contributed by atoms with E-state index in [1.54, 1.807) is 0 Å². The zero-order valence-electron chi connectivity index (χ0n) is 9.47. The highest BCUT2D eigenvalue weighted by Gasteiger charge is 3.04. The Bertz CT molecular complexity index is 361. The normalized spacial score (nSPS) is 61.6. The van der Waals surface area contributed by atoms with Crippen LogP contribution in [0.5, 0.6) is 0 Å². The molecule has 0 amide bonds. The molecule has 4 rings (SSSR count). The number of rotatable bonds is 0. The first kappa shape index (κ1) is 9.43. The van der Waals surface area contributed by atoms with Crippen molar-refractivity contribution >= 4 is 15.9 Å². The van der Waals surface area contributed by atoms with E-state index in [1.807, 2.05) is 0 Å². The molecule has 1 aliphatic heterocycles. The molecule has 1 heterocycles. The van der Waals surface area contributed by atoms with Gasteiger partial charge < -0.3 is 9.47 Å². The van der Waals surface area contributed by atoms with Crippen molar-refractivity contribution in [3.63, 3.8) is 0 Å². The Labute approximate surface area is 98.8 Å². The molecule has 3 heteroatoms. The molecule has 15 heavy (non-hydrogen) atoms. The second-order valence-electron chi connectivity index (χ2n) is 6.29. The molecule has 0 N–H and O–H groups in total. The monoisotopic (exact) mass is 272 g/mol. The minimum absolute atomic E-state index is 0.262. The highest BCUT2D eigenvalue weighted by molar-refractivity contribution is 9.09. The number of halogens is 1. The minimum atomic E-state index is -0.262. The Morgan fingerprint density at radius 2 is 1.73 bits per heavy atom. The predicted octanol–water partition coefficient (Wildman–Crippen LogP) is 2.56. The first-order chi connectivity index (χ1) is 6.97. The summed E-state index contributed by atoms with van der Waals surface area (Å²) in [6.45, 7) is 8.72. The highest BCUT2D eigenvalue weighted by atomic mass is 79.9. The van der Waals surface area contributed by atoms with E-state index in [9.17, 15) is 0 Å². The zero-order chi connectivity index (χ0) is 10.7. The maximum absolute atomic E-state index is 5.96. The zero-order valence-corrected chi connectivity index (χ0v) is 11.1. The van der Waals surface area contributed by atoms with Crippen molar-refractivity contribution < 1.29 is 9.47 Å². The van der Waals surface area contributed by atoms with Crippen LogP contribution in [0, 0.1) is 22.2 Å². The van der Waals surface area contributed by atoms with E-state index < -0.39 is 0 Å². The van der Waals surface area contributed by atoms with Gasteiger partial charge in [0.15, 0.2) is 5.79 Å². The van der Waals surface area contributed by atoms with Gasteiger partial charge in [-0.05, 0) is 17.8 Å². The van der Waals surface area contributed by atoms with E-state index in [1.165, 1.54) is 6.42 Å². The molecule has 4 atom stereocenters. The van der Waals surface area contributed by atoms with Crippen LogP contribution in [-0.2, 0) is 9.47 Å². The lowest BCUT2D eigenvalue weighted by atomic mass is 9.38. The van der Waals surface area contributed by atoms with Crippen molar-refractivity contribution in [3.05, 3.63) is 0 Å². The third-order valence-corrected chi connectivity index (χ3v) is 7.69. The van der Waals surface area contributed by atoms with E-state index in [0.717, 1.165) is 19.1 Å². The molecule has 84 valence electrons. The van der Waals surface area contributed by atoms with Gasteiger partial charge in [-0.15, -0.1) is 0 Å². The van der Waals surface area contributed by atoms with Crippen LogP contribution in [0.2, 0.25) is 0 Å². The maximum Gasteiger partial charge on any atom is 0.188 e. The summed E-state index contributed by atoms with van der Waals surface area (Å²) in [7, 11) is 0. The van der Waals surface area contributed by atoms with Gasteiger partial charge in [0.1, 0.15) is 0 Å². The van der Waals surface area contributed by atoms with Gasteiger partial charge in [0, 0.05) is 10.8 Å². The molecule has 4 aliphatic rings. The van der Waals surface area contributed by atoms with Crippen LogP contribution in [0.15, 0.2) is 0 Å². The predicted molar refractivity (Wildman–Crippen MR) is 59.8 cm³/mol. The van der Waals surface area contributed by atoms with Gasteiger partial charge in [-0.2, -0.15) is 0 Å². The van der Waals surface area contributed by atoms with Crippen LogP contribution in [0.1, 0.15) is 27.2 Å². The number of hydrogen-bond donors (Lipinski definition) is 0. The van der Waals surface area contributed by atoms with Crippen LogP contribution in [-0.4, -0.2) is 23.8 Å². The van der Waals surface area contributed by atoms with E-state index in [4.69, 9.17) is 9.47 Å². The molecule has 3 saturated carbocycles. The molecule has 2 nitrogen and oxygen atoms in total. The van der Waals surface area contributed by atoms with Crippen molar-refractivity contribution in [1.82, 2.24) is 0 Å². The van der Waals surface area contributed by atoms with Crippen LogP contribution in [0.4, 0.5) is 0 Å². The summed E-state index contributed by atoms with van der Waals surface area (Å²) in [4.78, 5) is 0.409. The van der Waals surface area contributed by atoms with E-state index in [0.29, 0.717) is 21.1 Å². The first-order valence-electron chi connectivity index (χ1n) is 5.89. The number of ether oxygens (including phenoxy) is 2. The summed E-state index contributed by atoms with van der Waals surface area (Å²) in [5.41, 5.74) is 1.28. The largest absolute Gasteiger partial charge is 0.346 e. The van der Waals surface area contributed by atoms with Crippen LogP contribution < -0.4 is 0 Å². The molecule has 0 aromatic rings. The molecule has 0 aromatic carbocycles. The van der Waals surface area contributed by atoms with Crippen molar-refractivity contribution in [3.8, 4) is 0 Å². The maximum atomic E-state index is 5.96. The SMILES string of the molecule is C[C@H]1C(C)(C)[C@@]23C[C@]12C1(OCCO1)[C@@H]3Br. The van der Waals surface area contributed by atoms with Crippen LogP contribution in [0.25, 0.3) is 0 Å². The van der Waals surface area contributed by atoms with E-state index in [-0.39, 0.29) is 5.79 Å². The van der Waals surface area contributed by atoms with Gasteiger partial charge >= 0.3 is 0 Å². The smallest absolute Gasteiger partial charge is 0.188 e. The van der Waals surface area contributed by atoms with Gasteiger partial charge in [-0.3, -0.25) is 0 Å².